The van der Waals surface area contributed by atoms with E-state index < -0.39 is 0 Å². The number of hydrogen-bond acceptors (Lipinski definition) is 2. The van der Waals surface area contributed by atoms with Crippen LogP contribution in [0.4, 0.5) is 0 Å². The SMILES string of the molecule is NCCO.[Co].c1ccccc1. The molecule has 3 heteroatoms. The van der Waals surface area contributed by atoms with Gasteiger partial charge in [0, 0.05) is 23.3 Å². The summed E-state index contributed by atoms with van der Waals surface area (Å²) < 4.78 is 0. The first-order valence-electron chi connectivity index (χ1n) is 3.22. The summed E-state index contributed by atoms with van der Waals surface area (Å²) in [5, 5.41) is 7.75. The average molecular weight is 198 g/mol. The van der Waals surface area contributed by atoms with Crippen LogP contribution in [0.25, 0.3) is 0 Å². The topological polar surface area (TPSA) is 46.2 Å². The van der Waals surface area contributed by atoms with E-state index in [1.54, 1.807) is 0 Å². The number of hydrogen-bond donors (Lipinski definition) is 2. The summed E-state index contributed by atoms with van der Waals surface area (Å²) in [6, 6.07) is 12.0. The predicted octanol–water partition coefficient (Wildman–Crippen LogP) is 0.621. The number of benzene rings is 1. The van der Waals surface area contributed by atoms with Gasteiger partial charge in [0.15, 0.2) is 0 Å². The molecule has 0 unspecified atom stereocenters. The Morgan fingerprint density at radius 1 is 0.909 bits per heavy atom. The Kier molecular flexibility index (Phi) is 14.9. The van der Waals surface area contributed by atoms with Crippen LogP contribution in [0, 0.1) is 0 Å². The second-order valence-corrected chi connectivity index (χ2v) is 1.67. The maximum Gasteiger partial charge on any atom is 0.0553 e. The van der Waals surface area contributed by atoms with Gasteiger partial charge in [-0.25, -0.2) is 0 Å². The van der Waals surface area contributed by atoms with Crippen LogP contribution in [-0.2, 0) is 16.8 Å². The molecule has 0 heterocycles. The van der Waals surface area contributed by atoms with Gasteiger partial charge in [-0.2, -0.15) is 0 Å². The smallest absolute Gasteiger partial charge is 0.0553 e. The van der Waals surface area contributed by atoms with Crippen molar-refractivity contribution >= 4 is 0 Å². The van der Waals surface area contributed by atoms with E-state index in [0.29, 0.717) is 6.54 Å². The van der Waals surface area contributed by atoms with Crippen LogP contribution in [0.15, 0.2) is 36.4 Å². The first-order chi connectivity index (χ1) is 4.91. The molecule has 0 amide bonds. The van der Waals surface area contributed by atoms with E-state index in [0.717, 1.165) is 0 Å². The molecule has 3 N–H and O–H groups in total. The standard InChI is InChI=1S/C6H6.C2H7NO.Co/c1-2-4-6-5-3-1;3-1-2-4;/h1-6H;4H,1-3H2;. The minimum Gasteiger partial charge on any atom is -0.395 e. The van der Waals surface area contributed by atoms with Gasteiger partial charge < -0.3 is 10.8 Å². The minimum atomic E-state index is 0. The van der Waals surface area contributed by atoms with Crippen LogP contribution in [0.5, 0.6) is 0 Å². The third kappa shape index (κ3) is 12.8. The van der Waals surface area contributed by atoms with Gasteiger partial charge in [0.2, 0.25) is 0 Å². The maximum absolute atomic E-state index is 7.75. The molecule has 1 aromatic carbocycles. The summed E-state index contributed by atoms with van der Waals surface area (Å²) in [7, 11) is 0. The largest absolute Gasteiger partial charge is 0.395 e. The van der Waals surface area contributed by atoms with Crippen LogP contribution < -0.4 is 5.73 Å². The molecule has 0 atom stereocenters. The Morgan fingerprint density at radius 2 is 1.09 bits per heavy atom. The van der Waals surface area contributed by atoms with Gasteiger partial charge in [0.25, 0.3) is 0 Å². The van der Waals surface area contributed by atoms with E-state index >= 15 is 0 Å². The van der Waals surface area contributed by atoms with Crippen molar-refractivity contribution < 1.29 is 21.9 Å². The molecule has 0 aliphatic carbocycles. The van der Waals surface area contributed by atoms with Crippen LogP contribution in [-0.4, -0.2) is 18.3 Å². The van der Waals surface area contributed by atoms with Crippen molar-refractivity contribution in [3.63, 3.8) is 0 Å². The number of rotatable bonds is 1. The summed E-state index contributed by atoms with van der Waals surface area (Å²) in [6.45, 7) is 0.472. The summed E-state index contributed by atoms with van der Waals surface area (Å²) in [5.74, 6) is 0. The van der Waals surface area contributed by atoms with Crippen LogP contribution in [0.1, 0.15) is 0 Å². The molecule has 2 nitrogen and oxygen atoms in total. The monoisotopic (exact) mass is 198 g/mol. The van der Waals surface area contributed by atoms with Gasteiger partial charge in [-0.3, -0.25) is 0 Å². The third-order valence-electron chi connectivity index (χ3n) is 0.796. The molecule has 65 valence electrons. The number of aliphatic hydroxyl groups is 1. The zero-order valence-electron chi connectivity index (χ0n) is 6.24. The molecule has 0 saturated carbocycles. The fourth-order valence-electron chi connectivity index (χ4n) is 0.385. The molecule has 1 rings (SSSR count). The molecular formula is C8H13CoNO. The van der Waals surface area contributed by atoms with Crippen molar-refractivity contribution in [2.24, 2.45) is 5.73 Å². The number of nitrogens with two attached hydrogens (primary N) is 1. The van der Waals surface area contributed by atoms with Crippen LogP contribution in [0.2, 0.25) is 0 Å². The normalized spacial score (nSPS) is 7.09. The predicted molar refractivity (Wildman–Crippen MR) is 42.6 cm³/mol. The molecular weight excluding hydrogens is 185 g/mol. The van der Waals surface area contributed by atoms with E-state index in [4.69, 9.17) is 10.8 Å². The van der Waals surface area contributed by atoms with Crippen molar-refractivity contribution in [2.75, 3.05) is 13.2 Å². The minimum absolute atomic E-state index is 0. The molecule has 11 heavy (non-hydrogen) atoms. The van der Waals surface area contributed by atoms with E-state index in [2.05, 4.69) is 0 Å². The summed E-state index contributed by atoms with van der Waals surface area (Å²) in [6.07, 6.45) is 0. The van der Waals surface area contributed by atoms with E-state index in [1.165, 1.54) is 0 Å². The van der Waals surface area contributed by atoms with Gasteiger partial charge in [-0.05, 0) is 0 Å². The van der Waals surface area contributed by atoms with E-state index in [9.17, 15) is 0 Å². The second-order valence-electron chi connectivity index (χ2n) is 1.67. The molecule has 0 fully saturated rings. The third-order valence-corrected chi connectivity index (χ3v) is 0.796. The van der Waals surface area contributed by atoms with Crippen molar-refractivity contribution in [3.05, 3.63) is 36.4 Å². The fraction of sp³-hybridized carbons (Fsp3) is 0.250. The first kappa shape index (κ1) is 13.3. The molecule has 0 spiro atoms. The molecule has 1 aromatic rings. The summed E-state index contributed by atoms with van der Waals surface area (Å²) in [5.41, 5.74) is 4.78. The first-order valence-corrected chi connectivity index (χ1v) is 3.22. The van der Waals surface area contributed by atoms with Gasteiger partial charge >= 0.3 is 0 Å². The fourth-order valence-corrected chi connectivity index (χ4v) is 0.385. The Bertz CT molecular complexity index is 106. The van der Waals surface area contributed by atoms with Gasteiger partial charge in [-0.15, -0.1) is 0 Å². The van der Waals surface area contributed by atoms with E-state index in [-0.39, 0.29) is 23.4 Å². The van der Waals surface area contributed by atoms with Crippen molar-refractivity contribution in [1.82, 2.24) is 0 Å². The van der Waals surface area contributed by atoms with Gasteiger partial charge in [0.1, 0.15) is 0 Å². The quantitative estimate of drug-likeness (QED) is 0.694. The maximum atomic E-state index is 7.75. The summed E-state index contributed by atoms with van der Waals surface area (Å²) in [4.78, 5) is 0. The van der Waals surface area contributed by atoms with E-state index in [1.807, 2.05) is 36.4 Å². The van der Waals surface area contributed by atoms with Gasteiger partial charge in [0.05, 0.1) is 6.61 Å². The molecule has 1 radical (unpaired) electrons. The Labute approximate surface area is 77.6 Å². The number of aliphatic hydroxyl groups excluding tert-OH is 1. The van der Waals surface area contributed by atoms with Crippen molar-refractivity contribution in [2.45, 2.75) is 0 Å². The summed E-state index contributed by atoms with van der Waals surface area (Å²) >= 11 is 0. The Morgan fingerprint density at radius 3 is 1.18 bits per heavy atom. The van der Waals surface area contributed by atoms with Crippen molar-refractivity contribution in [1.29, 1.82) is 0 Å². The Balaban J connectivity index is 0. The van der Waals surface area contributed by atoms with Crippen LogP contribution >= 0.6 is 0 Å². The molecule has 0 saturated heterocycles. The zero-order chi connectivity index (χ0) is 7.66. The van der Waals surface area contributed by atoms with Crippen LogP contribution in [0.3, 0.4) is 0 Å². The second kappa shape index (κ2) is 12.3. The zero-order valence-corrected chi connectivity index (χ0v) is 7.28. The molecule has 0 aliphatic heterocycles. The molecule has 0 aromatic heterocycles. The van der Waals surface area contributed by atoms with Gasteiger partial charge in [-0.1, -0.05) is 36.4 Å². The Hall–Kier alpha value is -0.354. The molecule has 0 aliphatic rings. The average Bonchev–Trinajstić information content (AvgIpc) is 2.08. The molecule has 0 bridgehead atoms. The van der Waals surface area contributed by atoms with Crippen molar-refractivity contribution in [3.8, 4) is 0 Å².